The molecule has 0 radical (unpaired) electrons. The number of aryl methyl sites for hydroxylation is 1. The molecular weight excluding hydrogens is 329 g/mol. The molecule has 6 heteroatoms. The van der Waals surface area contributed by atoms with E-state index in [4.69, 9.17) is 4.84 Å². The normalized spacial score (nSPS) is 17.3. The van der Waals surface area contributed by atoms with Crippen LogP contribution in [0.25, 0.3) is 0 Å². The van der Waals surface area contributed by atoms with Crippen LogP contribution in [0.15, 0.2) is 53.7 Å². The quantitative estimate of drug-likeness (QED) is 0.884. The first kappa shape index (κ1) is 17.5. The van der Waals surface area contributed by atoms with Gasteiger partial charge in [-0.25, -0.2) is 0 Å². The van der Waals surface area contributed by atoms with Gasteiger partial charge < -0.3 is 10.2 Å². The van der Waals surface area contributed by atoms with Crippen LogP contribution in [-0.2, 0) is 17.6 Å². The van der Waals surface area contributed by atoms with E-state index in [-0.39, 0.29) is 6.10 Å². The number of nitrogens with two attached hydrogens (primary N) is 1. The van der Waals surface area contributed by atoms with Crippen molar-refractivity contribution in [3.8, 4) is 0 Å². The zero-order valence-electron chi connectivity index (χ0n) is 13.9. The molecule has 1 aliphatic rings. The molecule has 0 amide bonds. The predicted molar refractivity (Wildman–Crippen MR) is 89.1 cm³/mol. The number of benzene rings is 2. The lowest BCUT2D eigenvalue weighted by atomic mass is 10.0. The van der Waals surface area contributed by atoms with Gasteiger partial charge in [0.05, 0.1) is 11.3 Å². The number of rotatable bonds is 5. The Morgan fingerprint density at radius 1 is 1.16 bits per heavy atom. The summed E-state index contributed by atoms with van der Waals surface area (Å²) in [7, 11) is 0. The summed E-state index contributed by atoms with van der Waals surface area (Å²) in [6.45, 7) is 3.15. The van der Waals surface area contributed by atoms with Crippen molar-refractivity contribution >= 4 is 5.71 Å². The highest BCUT2D eigenvalue weighted by molar-refractivity contribution is 6.01. The Morgan fingerprint density at radius 2 is 1.92 bits per heavy atom. The second-order valence-electron chi connectivity index (χ2n) is 6.26. The molecule has 1 heterocycles. The average molecular weight is 349 g/mol. The van der Waals surface area contributed by atoms with Crippen molar-refractivity contribution in [1.82, 2.24) is 0 Å². The molecule has 0 saturated heterocycles. The minimum absolute atomic E-state index is 0.0536. The first-order valence-corrected chi connectivity index (χ1v) is 8.19. The average Bonchev–Trinajstić information content (AvgIpc) is 3.04. The topological polar surface area (TPSA) is 38.2 Å². The van der Waals surface area contributed by atoms with Crippen LogP contribution in [0.1, 0.15) is 28.7 Å². The lowest BCUT2D eigenvalue weighted by Gasteiger charge is -2.09. The van der Waals surface area contributed by atoms with Gasteiger partial charge in [0, 0.05) is 12.0 Å². The maximum atomic E-state index is 12.7. The van der Waals surface area contributed by atoms with Gasteiger partial charge in [-0.1, -0.05) is 47.1 Å². The fourth-order valence-electron chi connectivity index (χ4n) is 2.78. The second-order valence-corrected chi connectivity index (χ2v) is 6.26. The fourth-order valence-corrected chi connectivity index (χ4v) is 2.78. The SMILES string of the molecule is Cc1ccc(C2=NO[C@H](C[NH2+]Cc3cccc(C(F)(F)F)c3)C2)cc1. The van der Waals surface area contributed by atoms with Crippen molar-refractivity contribution in [1.29, 1.82) is 0 Å². The monoisotopic (exact) mass is 349 g/mol. The van der Waals surface area contributed by atoms with Crippen molar-refractivity contribution in [2.75, 3.05) is 6.54 Å². The van der Waals surface area contributed by atoms with Gasteiger partial charge in [0.2, 0.25) is 0 Å². The molecule has 25 heavy (non-hydrogen) atoms. The molecule has 0 aliphatic carbocycles. The van der Waals surface area contributed by atoms with Gasteiger partial charge in [-0.15, -0.1) is 0 Å². The minimum Gasteiger partial charge on any atom is -0.386 e. The summed E-state index contributed by atoms with van der Waals surface area (Å²) >= 11 is 0. The Bertz CT molecular complexity index is 754. The number of nitrogens with zero attached hydrogens (tertiary/aromatic N) is 1. The summed E-state index contributed by atoms with van der Waals surface area (Å²) < 4.78 is 38.2. The standard InChI is InChI=1S/C19H19F3N2O/c1-13-5-7-15(8-6-13)18-10-17(25-24-18)12-23-11-14-3-2-4-16(9-14)19(20,21)22/h2-9,17,23H,10-12H2,1H3/p+1/t17-/m0/s1. The van der Waals surface area contributed by atoms with Gasteiger partial charge in [-0.2, -0.15) is 13.2 Å². The third kappa shape index (κ3) is 4.60. The van der Waals surface area contributed by atoms with E-state index >= 15 is 0 Å². The molecule has 2 N–H and O–H groups in total. The first-order valence-electron chi connectivity index (χ1n) is 8.19. The van der Waals surface area contributed by atoms with Crippen molar-refractivity contribution < 1.29 is 23.3 Å². The van der Waals surface area contributed by atoms with Crippen LogP contribution in [0.2, 0.25) is 0 Å². The lowest BCUT2D eigenvalue weighted by Crippen LogP contribution is -2.84. The highest BCUT2D eigenvalue weighted by Gasteiger charge is 2.30. The van der Waals surface area contributed by atoms with Crippen LogP contribution in [0.5, 0.6) is 0 Å². The Kier molecular flexibility index (Phi) is 5.08. The molecule has 132 valence electrons. The Balaban J connectivity index is 1.49. The zero-order chi connectivity index (χ0) is 17.9. The molecule has 1 atom stereocenters. The van der Waals surface area contributed by atoms with Gasteiger partial charge >= 0.3 is 6.18 Å². The Morgan fingerprint density at radius 3 is 2.64 bits per heavy atom. The summed E-state index contributed by atoms with van der Waals surface area (Å²) in [5.74, 6) is 0. The van der Waals surface area contributed by atoms with Crippen LogP contribution >= 0.6 is 0 Å². The fraction of sp³-hybridized carbons (Fsp3) is 0.316. The Hall–Kier alpha value is -2.34. The number of halogens is 3. The summed E-state index contributed by atoms with van der Waals surface area (Å²) in [5.41, 5.74) is 3.19. The van der Waals surface area contributed by atoms with Crippen LogP contribution in [0.4, 0.5) is 13.2 Å². The van der Waals surface area contributed by atoms with Crippen molar-refractivity contribution in [2.24, 2.45) is 5.16 Å². The molecule has 3 rings (SSSR count). The third-order valence-corrected chi connectivity index (χ3v) is 4.18. The molecule has 2 aromatic carbocycles. The number of hydrogen-bond acceptors (Lipinski definition) is 2. The first-order chi connectivity index (χ1) is 11.9. The van der Waals surface area contributed by atoms with Crippen molar-refractivity contribution in [3.63, 3.8) is 0 Å². The molecule has 1 aliphatic heterocycles. The van der Waals surface area contributed by atoms with E-state index in [9.17, 15) is 13.2 Å². The maximum absolute atomic E-state index is 12.7. The molecule has 0 saturated carbocycles. The summed E-state index contributed by atoms with van der Waals surface area (Å²) in [6.07, 6.45) is -3.65. The summed E-state index contributed by atoms with van der Waals surface area (Å²) in [5, 5.41) is 6.09. The minimum atomic E-state index is -4.30. The van der Waals surface area contributed by atoms with Gasteiger partial charge in [0.25, 0.3) is 0 Å². The van der Waals surface area contributed by atoms with E-state index in [1.807, 2.05) is 36.5 Å². The van der Waals surface area contributed by atoms with Crippen LogP contribution < -0.4 is 5.32 Å². The molecule has 0 unspecified atom stereocenters. The van der Waals surface area contributed by atoms with E-state index < -0.39 is 11.7 Å². The zero-order valence-corrected chi connectivity index (χ0v) is 13.9. The maximum Gasteiger partial charge on any atom is 0.416 e. The lowest BCUT2D eigenvalue weighted by molar-refractivity contribution is -0.676. The molecule has 2 aromatic rings. The van der Waals surface area contributed by atoms with E-state index in [0.29, 0.717) is 25.1 Å². The van der Waals surface area contributed by atoms with Gasteiger partial charge in [-0.05, 0) is 24.6 Å². The number of alkyl halides is 3. The predicted octanol–water partition coefficient (Wildman–Crippen LogP) is 3.27. The molecule has 0 aromatic heterocycles. The molecule has 0 bridgehead atoms. The molecule has 0 fully saturated rings. The summed E-state index contributed by atoms with van der Waals surface area (Å²) in [6, 6.07) is 13.5. The highest BCUT2D eigenvalue weighted by Crippen LogP contribution is 2.29. The number of quaternary nitrogens is 1. The molecule has 3 nitrogen and oxygen atoms in total. The highest BCUT2D eigenvalue weighted by atomic mass is 19.4. The van der Waals surface area contributed by atoms with Crippen molar-refractivity contribution in [2.45, 2.75) is 32.2 Å². The molecule has 0 spiro atoms. The van der Waals surface area contributed by atoms with Crippen molar-refractivity contribution in [3.05, 3.63) is 70.8 Å². The second kappa shape index (κ2) is 7.27. The van der Waals surface area contributed by atoms with Gasteiger partial charge in [0.15, 0.2) is 6.10 Å². The van der Waals surface area contributed by atoms with Crippen LogP contribution in [-0.4, -0.2) is 18.4 Å². The Labute approximate surface area is 144 Å². The van der Waals surface area contributed by atoms with Gasteiger partial charge in [0.1, 0.15) is 13.1 Å². The van der Waals surface area contributed by atoms with E-state index in [0.717, 1.165) is 17.3 Å². The van der Waals surface area contributed by atoms with E-state index in [1.165, 1.54) is 17.7 Å². The molecular formula is C19H20F3N2O+. The number of hydrogen-bond donors (Lipinski definition) is 1. The summed E-state index contributed by atoms with van der Waals surface area (Å²) in [4.78, 5) is 5.44. The van der Waals surface area contributed by atoms with Crippen LogP contribution in [0.3, 0.4) is 0 Å². The van der Waals surface area contributed by atoms with Gasteiger partial charge in [-0.3, -0.25) is 0 Å². The van der Waals surface area contributed by atoms with Crippen LogP contribution in [0, 0.1) is 6.92 Å². The smallest absolute Gasteiger partial charge is 0.386 e. The van der Waals surface area contributed by atoms with E-state index in [2.05, 4.69) is 5.16 Å². The largest absolute Gasteiger partial charge is 0.416 e. The van der Waals surface area contributed by atoms with E-state index in [1.54, 1.807) is 6.07 Å². The number of oxime groups is 1. The third-order valence-electron chi connectivity index (χ3n) is 4.18.